The van der Waals surface area contributed by atoms with E-state index < -0.39 is 23.4 Å². The summed E-state index contributed by atoms with van der Waals surface area (Å²) in [4.78, 5) is 27.4. The molecular formula is C27H34F3N3O5. The Morgan fingerprint density at radius 1 is 1.18 bits per heavy atom. The van der Waals surface area contributed by atoms with Gasteiger partial charge in [0.25, 0.3) is 0 Å². The Morgan fingerprint density at radius 3 is 2.47 bits per heavy atom. The molecule has 1 aliphatic heterocycles. The highest BCUT2D eigenvalue weighted by Gasteiger charge is 2.43. The van der Waals surface area contributed by atoms with Gasteiger partial charge in [0.2, 0.25) is 11.8 Å². The van der Waals surface area contributed by atoms with E-state index in [1.165, 1.54) is 31.2 Å². The summed E-state index contributed by atoms with van der Waals surface area (Å²) < 4.78 is 51.5. The number of alkyl halides is 3. The van der Waals surface area contributed by atoms with Crippen molar-refractivity contribution in [1.82, 2.24) is 15.5 Å². The Bertz CT molecular complexity index is 1100. The van der Waals surface area contributed by atoms with Crippen LogP contribution in [0.3, 0.4) is 0 Å². The number of carbonyl (C=O) groups excluding carboxylic acids is 2. The lowest BCUT2D eigenvalue weighted by molar-refractivity contribution is -0.138. The van der Waals surface area contributed by atoms with Gasteiger partial charge in [-0.05, 0) is 69.4 Å². The summed E-state index contributed by atoms with van der Waals surface area (Å²) >= 11 is 0. The highest BCUT2D eigenvalue weighted by molar-refractivity contribution is 5.92. The Balaban J connectivity index is 1.61. The number of benzene rings is 2. The smallest absolute Gasteiger partial charge is 0.419 e. The molecule has 0 aromatic heterocycles. The number of hydrogen-bond acceptors (Lipinski definition) is 6. The van der Waals surface area contributed by atoms with E-state index >= 15 is 0 Å². The molecule has 1 saturated heterocycles. The molecule has 2 amide bonds. The molecule has 3 rings (SSSR count). The van der Waals surface area contributed by atoms with Crippen LogP contribution in [-0.2, 0) is 27.0 Å². The Labute approximate surface area is 220 Å². The van der Waals surface area contributed by atoms with Gasteiger partial charge < -0.3 is 30.1 Å². The molecule has 2 atom stereocenters. The number of ether oxygens (including phenoxy) is 2. The molecule has 0 saturated carbocycles. The van der Waals surface area contributed by atoms with Crippen LogP contribution in [0.5, 0.6) is 11.5 Å². The second kappa shape index (κ2) is 12.6. The summed E-state index contributed by atoms with van der Waals surface area (Å²) in [6, 6.07) is 9.69. The predicted octanol–water partition coefficient (Wildman–Crippen LogP) is 3.78. The Kier molecular flexibility index (Phi) is 9.75. The van der Waals surface area contributed by atoms with Crippen LogP contribution in [0, 0.1) is 0 Å². The quantitative estimate of drug-likeness (QED) is 0.404. The van der Waals surface area contributed by atoms with Gasteiger partial charge in [-0.1, -0.05) is 18.2 Å². The van der Waals surface area contributed by atoms with E-state index in [0.717, 1.165) is 12.6 Å². The molecule has 0 radical (unpaired) electrons. The molecule has 1 heterocycles. The van der Waals surface area contributed by atoms with Gasteiger partial charge in [0.05, 0.1) is 18.3 Å². The third-order valence-corrected chi connectivity index (χ3v) is 6.24. The first kappa shape index (κ1) is 29.4. The van der Waals surface area contributed by atoms with Crippen LogP contribution < -0.4 is 15.4 Å². The van der Waals surface area contributed by atoms with Gasteiger partial charge in [-0.15, -0.1) is 0 Å². The summed E-state index contributed by atoms with van der Waals surface area (Å²) in [5.41, 5.74) is -1.30. The van der Waals surface area contributed by atoms with Gasteiger partial charge in [-0.25, -0.2) is 0 Å². The van der Waals surface area contributed by atoms with Crippen molar-refractivity contribution in [2.24, 2.45) is 0 Å². The van der Waals surface area contributed by atoms with Crippen LogP contribution >= 0.6 is 0 Å². The third-order valence-electron chi connectivity index (χ3n) is 6.24. The van der Waals surface area contributed by atoms with Crippen LogP contribution in [0.1, 0.15) is 49.0 Å². The van der Waals surface area contributed by atoms with Gasteiger partial charge in [-0.2, -0.15) is 13.2 Å². The van der Waals surface area contributed by atoms with E-state index in [-0.39, 0.29) is 42.0 Å². The molecule has 8 nitrogen and oxygen atoms in total. The number of halogens is 3. The zero-order valence-corrected chi connectivity index (χ0v) is 21.7. The third kappa shape index (κ3) is 7.92. The average Bonchev–Trinajstić information content (AvgIpc) is 3.32. The first-order valence-electron chi connectivity index (χ1n) is 12.4. The molecule has 0 bridgehead atoms. The largest absolute Gasteiger partial charge is 0.457 e. The van der Waals surface area contributed by atoms with Crippen molar-refractivity contribution in [3.8, 4) is 11.5 Å². The standard InChI is InChI=1S/C27H34F3N3O5/c1-18(34)20-8-11-23(22(15-20)27(28,29)30)38-21-9-6-19(7-10-21)16-31-25(36)26(12-14-37-17-26)32-24(35)5-4-13-33(2)3/h6-11,15,18,34H,4-5,12-14,16-17H2,1-3H3,(H,31,36)(H,32,35). The normalized spacial score (nSPS) is 18.3. The molecule has 11 heteroatoms. The topological polar surface area (TPSA) is 100 Å². The van der Waals surface area contributed by atoms with E-state index in [9.17, 15) is 27.9 Å². The second-order valence-electron chi connectivity index (χ2n) is 9.70. The van der Waals surface area contributed by atoms with Crippen LogP contribution in [0.2, 0.25) is 0 Å². The number of rotatable bonds is 11. The molecular weight excluding hydrogens is 503 g/mol. The zero-order valence-electron chi connectivity index (χ0n) is 21.7. The van der Waals surface area contributed by atoms with Crippen molar-refractivity contribution < 1.29 is 37.3 Å². The highest BCUT2D eigenvalue weighted by Crippen LogP contribution is 2.39. The summed E-state index contributed by atoms with van der Waals surface area (Å²) in [5.74, 6) is -0.772. The molecule has 1 fully saturated rings. The molecule has 38 heavy (non-hydrogen) atoms. The molecule has 3 N–H and O–H groups in total. The fraction of sp³-hybridized carbons (Fsp3) is 0.481. The van der Waals surface area contributed by atoms with E-state index in [4.69, 9.17) is 9.47 Å². The van der Waals surface area contributed by atoms with Crippen molar-refractivity contribution in [3.05, 3.63) is 59.2 Å². The second-order valence-corrected chi connectivity index (χ2v) is 9.70. The van der Waals surface area contributed by atoms with Crippen molar-refractivity contribution in [3.63, 3.8) is 0 Å². The number of hydrogen-bond donors (Lipinski definition) is 3. The van der Waals surface area contributed by atoms with Gasteiger partial charge in [0.15, 0.2) is 0 Å². The zero-order chi connectivity index (χ0) is 27.9. The Morgan fingerprint density at radius 2 is 1.89 bits per heavy atom. The fourth-order valence-corrected chi connectivity index (χ4v) is 4.06. The monoisotopic (exact) mass is 537 g/mol. The van der Waals surface area contributed by atoms with Crippen molar-refractivity contribution >= 4 is 11.8 Å². The first-order chi connectivity index (χ1) is 17.9. The maximum Gasteiger partial charge on any atom is 0.419 e. The summed E-state index contributed by atoms with van der Waals surface area (Å²) in [6.07, 6.45) is -4.38. The molecule has 0 spiro atoms. The first-order valence-corrected chi connectivity index (χ1v) is 12.4. The van der Waals surface area contributed by atoms with Crippen molar-refractivity contribution in [2.75, 3.05) is 33.9 Å². The van der Waals surface area contributed by atoms with Gasteiger partial charge >= 0.3 is 6.18 Å². The van der Waals surface area contributed by atoms with Crippen LogP contribution in [-0.4, -0.2) is 61.2 Å². The number of aliphatic hydroxyl groups is 1. The lowest BCUT2D eigenvalue weighted by atomic mass is 9.96. The van der Waals surface area contributed by atoms with Crippen molar-refractivity contribution in [1.29, 1.82) is 0 Å². The average molecular weight is 538 g/mol. The maximum absolute atomic E-state index is 13.5. The minimum atomic E-state index is -4.66. The lowest BCUT2D eigenvalue weighted by Gasteiger charge is -2.27. The SMILES string of the molecule is CC(O)c1ccc(Oc2ccc(CNC(=O)C3(NC(=O)CCCN(C)C)CCOC3)cc2)c(C(F)(F)F)c1. The van der Waals surface area contributed by atoms with E-state index in [0.29, 0.717) is 31.4 Å². The molecule has 2 aromatic carbocycles. The van der Waals surface area contributed by atoms with E-state index in [1.54, 1.807) is 12.1 Å². The number of carbonyl (C=O) groups is 2. The van der Waals surface area contributed by atoms with Crippen LogP contribution in [0.15, 0.2) is 42.5 Å². The maximum atomic E-state index is 13.5. The minimum absolute atomic E-state index is 0.0837. The molecule has 0 aliphatic carbocycles. The number of nitrogens with zero attached hydrogens (tertiary/aromatic N) is 1. The Hall–Kier alpha value is -3.15. The minimum Gasteiger partial charge on any atom is -0.457 e. The molecule has 1 aliphatic rings. The molecule has 2 unspecified atom stereocenters. The van der Waals surface area contributed by atoms with Gasteiger partial charge in [0, 0.05) is 26.0 Å². The predicted molar refractivity (Wildman–Crippen MR) is 135 cm³/mol. The van der Waals surface area contributed by atoms with Gasteiger partial charge in [-0.3, -0.25) is 9.59 Å². The fourth-order valence-electron chi connectivity index (χ4n) is 4.06. The summed E-state index contributed by atoms with van der Waals surface area (Å²) in [5, 5.41) is 15.3. The molecule has 2 aromatic rings. The van der Waals surface area contributed by atoms with E-state index in [1.807, 2.05) is 19.0 Å². The lowest BCUT2D eigenvalue weighted by Crippen LogP contribution is -2.59. The number of amides is 2. The highest BCUT2D eigenvalue weighted by atomic mass is 19.4. The summed E-state index contributed by atoms with van der Waals surface area (Å²) in [7, 11) is 3.84. The van der Waals surface area contributed by atoms with Gasteiger partial charge in [0.1, 0.15) is 17.0 Å². The summed E-state index contributed by atoms with van der Waals surface area (Å²) in [6.45, 7) is 2.73. The number of nitrogens with one attached hydrogen (secondary N) is 2. The van der Waals surface area contributed by atoms with E-state index in [2.05, 4.69) is 10.6 Å². The van der Waals surface area contributed by atoms with Crippen LogP contribution in [0.25, 0.3) is 0 Å². The van der Waals surface area contributed by atoms with Crippen molar-refractivity contribution in [2.45, 2.75) is 50.6 Å². The van der Waals surface area contributed by atoms with Crippen LogP contribution in [0.4, 0.5) is 13.2 Å². The number of aliphatic hydroxyl groups excluding tert-OH is 1. The molecule has 208 valence electrons.